The highest BCUT2D eigenvalue weighted by Gasteiger charge is 2.29. The molecular formula is C20H15N3O2. The molecule has 0 aliphatic carbocycles. The SMILES string of the molecule is O=C(c1cc2ccncc2[nH]1)N1CCc2c1cc(O)c1ccccc21. The number of nitrogens with one attached hydrogen (secondary N) is 1. The molecule has 25 heavy (non-hydrogen) atoms. The van der Waals surface area contributed by atoms with Gasteiger partial charge in [0.05, 0.1) is 17.4 Å². The second-order valence-electron chi connectivity index (χ2n) is 6.29. The molecule has 0 unspecified atom stereocenters. The van der Waals surface area contributed by atoms with Gasteiger partial charge in [-0.1, -0.05) is 24.3 Å². The van der Waals surface area contributed by atoms with E-state index in [0.29, 0.717) is 12.2 Å². The normalized spacial score (nSPS) is 13.5. The molecule has 1 amide bonds. The van der Waals surface area contributed by atoms with Crippen LogP contribution in [0, 0.1) is 0 Å². The van der Waals surface area contributed by atoms with Crippen LogP contribution in [0.15, 0.2) is 54.9 Å². The summed E-state index contributed by atoms with van der Waals surface area (Å²) in [7, 11) is 0. The lowest BCUT2D eigenvalue weighted by Crippen LogP contribution is -2.29. The summed E-state index contributed by atoms with van der Waals surface area (Å²) in [5.41, 5.74) is 3.27. The van der Waals surface area contributed by atoms with Gasteiger partial charge in [-0.15, -0.1) is 0 Å². The van der Waals surface area contributed by atoms with Crippen LogP contribution in [0.1, 0.15) is 16.1 Å². The van der Waals surface area contributed by atoms with Crippen LogP contribution in [-0.2, 0) is 6.42 Å². The van der Waals surface area contributed by atoms with Gasteiger partial charge in [-0.05, 0) is 29.5 Å². The van der Waals surface area contributed by atoms with Crippen LogP contribution in [0.3, 0.4) is 0 Å². The molecule has 3 heterocycles. The van der Waals surface area contributed by atoms with Crippen LogP contribution >= 0.6 is 0 Å². The highest BCUT2D eigenvalue weighted by Crippen LogP contribution is 2.40. The summed E-state index contributed by atoms with van der Waals surface area (Å²) < 4.78 is 0. The topological polar surface area (TPSA) is 69.2 Å². The van der Waals surface area contributed by atoms with Crippen molar-refractivity contribution in [3.63, 3.8) is 0 Å². The summed E-state index contributed by atoms with van der Waals surface area (Å²) in [6.45, 7) is 0.606. The van der Waals surface area contributed by atoms with E-state index < -0.39 is 0 Å². The minimum atomic E-state index is -0.0929. The average molecular weight is 329 g/mol. The molecule has 0 radical (unpaired) electrons. The fourth-order valence-corrected chi connectivity index (χ4v) is 3.69. The lowest BCUT2D eigenvalue weighted by atomic mass is 10.0. The lowest BCUT2D eigenvalue weighted by molar-refractivity contribution is 0.0985. The Morgan fingerprint density at radius 2 is 2.00 bits per heavy atom. The first kappa shape index (κ1) is 14.0. The van der Waals surface area contributed by atoms with Gasteiger partial charge in [-0.25, -0.2) is 0 Å². The Labute approximate surface area is 143 Å². The maximum Gasteiger partial charge on any atom is 0.274 e. The Morgan fingerprint density at radius 3 is 2.84 bits per heavy atom. The zero-order chi connectivity index (χ0) is 17.0. The molecule has 0 saturated carbocycles. The predicted molar refractivity (Wildman–Crippen MR) is 97.1 cm³/mol. The van der Waals surface area contributed by atoms with E-state index in [0.717, 1.165) is 39.3 Å². The van der Waals surface area contributed by atoms with Crippen molar-refractivity contribution in [1.29, 1.82) is 0 Å². The molecule has 5 rings (SSSR count). The molecule has 2 aromatic carbocycles. The number of carbonyl (C=O) groups is 1. The molecule has 1 aliphatic rings. The largest absolute Gasteiger partial charge is 0.507 e. The highest BCUT2D eigenvalue weighted by atomic mass is 16.3. The molecule has 0 saturated heterocycles. The van der Waals surface area contributed by atoms with Gasteiger partial charge in [-0.3, -0.25) is 9.78 Å². The quantitative estimate of drug-likeness (QED) is 0.560. The van der Waals surface area contributed by atoms with E-state index in [9.17, 15) is 9.90 Å². The van der Waals surface area contributed by atoms with Gasteiger partial charge in [-0.2, -0.15) is 0 Å². The van der Waals surface area contributed by atoms with E-state index in [1.807, 2.05) is 36.4 Å². The van der Waals surface area contributed by atoms with Crippen molar-refractivity contribution in [3.05, 3.63) is 66.1 Å². The predicted octanol–water partition coefficient (Wildman–Crippen LogP) is 3.62. The Kier molecular flexibility index (Phi) is 2.85. The Morgan fingerprint density at radius 1 is 1.16 bits per heavy atom. The molecule has 1 aliphatic heterocycles. The monoisotopic (exact) mass is 329 g/mol. The number of phenols is 1. The zero-order valence-corrected chi connectivity index (χ0v) is 13.4. The van der Waals surface area contributed by atoms with Gasteiger partial charge in [0.25, 0.3) is 5.91 Å². The van der Waals surface area contributed by atoms with Crippen molar-refractivity contribution in [2.75, 3.05) is 11.4 Å². The zero-order valence-electron chi connectivity index (χ0n) is 13.4. The van der Waals surface area contributed by atoms with Gasteiger partial charge < -0.3 is 15.0 Å². The van der Waals surface area contributed by atoms with Crippen LogP contribution in [0.2, 0.25) is 0 Å². The average Bonchev–Trinajstić information content (AvgIpc) is 3.25. The molecule has 0 atom stereocenters. The number of aromatic amines is 1. The number of H-pyrrole nitrogens is 1. The molecule has 5 heteroatoms. The number of amides is 1. The van der Waals surface area contributed by atoms with E-state index >= 15 is 0 Å². The number of rotatable bonds is 1. The number of benzene rings is 2. The Hall–Kier alpha value is -3.34. The standard InChI is InChI=1S/C20H15N3O2/c24-19-10-18-14(13-3-1-2-4-15(13)19)6-8-23(18)20(25)16-9-12-5-7-21-11-17(12)22-16/h1-5,7,9-11,22,24H,6,8H2. The van der Waals surface area contributed by atoms with E-state index in [-0.39, 0.29) is 11.7 Å². The molecule has 0 spiro atoms. The van der Waals surface area contributed by atoms with Crippen molar-refractivity contribution in [2.45, 2.75) is 6.42 Å². The van der Waals surface area contributed by atoms with Crippen molar-refractivity contribution in [2.24, 2.45) is 0 Å². The number of hydrogen-bond donors (Lipinski definition) is 2. The van der Waals surface area contributed by atoms with Crippen molar-refractivity contribution in [3.8, 4) is 5.75 Å². The second-order valence-corrected chi connectivity index (χ2v) is 6.29. The number of hydrogen-bond acceptors (Lipinski definition) is 3. The van der Waals surface area contributed by atoms with Crippen molar-refractivity contribution in [1.82, 2.24) is 9.97 Å². The fourth-order valence-electron chi connectivity index (χ4n) is 3.69. The van der Waals surface area contributed by atoms with E-state index in [4.69, 9.17) is 0 Å². The van der Waals surface area contributed by atoms with Crippen molar-refractivity contribution >= 4 is 33.3 Å². The molecule has 5 nitrogen and oxygen atoms in total. The summed E-state index contributed by atoms with van der Waals surface area (Å²) >= 11 is 0. The number of pyridine rings is 1. The van der Waals surface area contributed by atoms with Gasteiger partial charge in [0.1, 0.15) is 11.4 Å². The maximum absolute atomic E-state index is 13.0. The molecule has 0 bridgehead atoms. The van der Waals surface area contributed by atoms with E-state index in [2.05, 4.69) is 9.97 Å². The maximum atomic E-state index is 13.0. The smallest absolute Gasteiger partial charge is 0.274 e. The summed E-state index contributed by atoms with van der Waals surface area (Å²) in [5, 5.41) is 13.2. The third-order valence-electron chi connectivity index (χ3n) is 4.89. The minimum absolute atomic E-state index is 0.0929. The number of aromatic nitrogens is 2. The minimum Gasteiger partial charge on any atom is -0.507 e. The third-order valence-corrected chi connectivity index (χ3v) is 4.89. The van der Waals surface area contributed by atoms with Gasteiger partial charge in [0.15, 0.2) is 0 Å². The fraction of sp³-hybridized carbons (Fsp3) is 0.100. The summed E-state index contributed by atoms with van der Waals surface area (Å²) in [5.74, 6) is 0.111. The number of fused-ring (bicyclic) bond motifs is 4. The lowest BCUT2D eigenvalue weighted by Gasteiger charge is -2.17. The number of aromatic hydroxyl groups is 1. The third kappa shape index (κ3) is 2.02. The molecule has 2 N–H and O–H groups in total. The number of anilines is 1. The molecular weight excluding hydrogens is 314 g/mol. The van der Waals surface area contributed by atoms with Crippen molar-refractivity contribution < 1.29 is 9.90 Å². The van der Waals surface area contributed by atoms with Gasteiger partial charge in [0, 0.05) is 29.6 Å². The van der Waals surface area contributed by atoms with Gasteiger partial charge in [0.2, 0.25) is 0 Å². The molecule has 4 aromatic rings. The van der Waals surface area contributed by atoms with Crippen LogP contribution < -0.4 is 4.90 Å². The summed E-state index contributed by atoms with van der Waals surface area (Å²) in [6.07, 6.45) is 4.20. The van der Waals surface area contributed by atoms with E-state index in [1.54, 1.807) is 23.4 Å². The first-order valence-electron chi connectivity index (χ1n) is 8.20. The Bertz CT molecular complexity index is 1110. The van der Waals surface area contributed by atoms with E-state index in [1.165, 1.54) is 0 Å². The number of carbonyl (C=O) groups excluding carboxylic acids is 1. The Balaban J connectivity index is 1.62. The second kappa shape index (κ2) is 5.08. The van der Waals surface area contributed by atoms with Crippen LogP contribution in [0.4, 0.5) is 5.69 Å². The first-order chi connectivity index (χ1) is 12.2. The number of nitrogens with zero attached hydrogens (tertiary/aromatic N) is 2. The first-order valence-corrected chi connectivity index (χ1v) is 8.20. The summed E-state index contributed by atoms with van der Waals surface area (Å²) in [6, 6.07) is 13.2. The molecule has 0 fully saturated rings. The number of phenolic OH excluding ortho intramolecular Hbond substituents is 1. The molecule has 122 valence electrons. The highest BCUT2D eigenvalue weighted by molar-refractivity contribution is 6.10. The van der Waals surface area contributed by atoms with Crippen LogP contribution in [0.25, 0.3) is 21.7 Å². The molecule has 2 aromatic heterocycles. The van der Waals surface area contributed by atoms with Crippen LogP contribution in [0.5, 0.6) is 5.75 Å². The summed E-state index contributed by atoms with van der Waals surface area (Å²) in [4.78, 5) is 22.0. The van der Waals surface area contributed by atoms with Crippen LogP contribution in [-0.4, -0.2) is 27.5 Å². The van der Waals surface area contributed by atoms with Gasteiger partial charge >= 0.3 is 0 Å².